The lowest BCUT2D eigenvalue weighted by Crippen LogP contribution is -2.50. The lowest BCUT2D eigenvalue weighted by atomic mass is 9.90. The highest BCUT2D eigenvalue weighted by Crippen LogP contribution is 2.39. The van der Waals surface area contributed by atoms with E-state index in [0.29, 0.717) is 6.54 Å². The molecule has 1 aromatic heterocycles. The number of carbonyl (C=O) groups excluding carboxylic acids is 2. The molecule has 0 radical (unpaired) electrons. The van der Waals surface area contributed by atoms with Crippen molar-refractivity contribution in [1.29, 1.82) is 0 Å². The fraction of sp³-hybridized carbons (Fsp3) is 0.478. The summed E-state index contributed by atoms with van der Waals surface area (Å²) in [7, 11) is 1.51. The van der Waals surface area contributed by atoms with Crippen LogP contribution in [-0.4, -0.2) is 54.5 Å². The van der Waals surface area contributed by atoms with E-state index in [-0.39, 0.29) is 37.0 Å². The largest absolute Gasteiger partial charge is 0.375 e. The van der Waals surface area contributed by atoms with E-state index in [4.69, 9.17) is 4.74 Å². The minimum Gasteiger partial charge on any atom is -0.375 e. The highest BCUT2D eigenvalue weighted by atomic mass is 32.1. The van der Waals surface area contributed by atoms with Crippen molar-refractivity contribution in [2.45, 2.75) is 45.7 Å². The van der Waals surface area contributed by atoms with Crippen molar-refractivity contribution in [1.82, 2.24) is 9.80 Å². The first-order chi connectivity index (χ1) is 14.0. The molecule has 1 aliphatic heterocycles. The Balaban J connectivity index is 1.92. The maximum Gasteiger partial charge on any atom is 0.249 e. The van der Waals surface area contributed by atoms with Gasteiger partial charge in [-0.2, -0.15) is 0 Å². The van der Waals surface area contributed by atoms with Crippen LogP contribution in [0.2, 0.25) is 0 Å². The van der Waals surface area contributed by atoms with Crippen LogP contribution in [0.5, 0.6) is 0 Å². The minimum absolute atomic E-state index is 0.00643. The summed E-state index contributed by atoms with van der Waals surface area (Å²) in [6.45, 7) is 6.83. The standard InChI is InChI=1S/C23H30N2O3S/c1-5-17(3)25(22(27)15-28-4)14-21(26)24-12-10-20-19(11-13-29-20)23(24)18-9-7-6-8-16(18)2/h6-9,11,13,17,23H,5,10,12,14-15H2,1-4H3. The molecule has 0 bridgehead atoms. The number of methoxy groups -OCH3 is 1. The molecule has 156 valence electrons. The number of carbonyl (C=O) groups is 2. The van der Waals surface area contributed by atoms with Gasteiger partial charge in [-0.3, -0.25) is 9.59 Å². The fourth-order valence-electron chi connectivity index (χ4n) is 3.97. The summed E-state index contributed by atoms with van der Waals surface area (Å²) in [5.41, 5.74) is 3.53. The van der Waals surface area contributed by atoms with Gasteiger partial charge >= 0.3 is 0 Å². The molecule has 0 saturated carbocycles. The van der Waals surface area contributed by atoms with E-state index in [1.165, 1.54) is 23.1 Å². The van der Waals surface area contributed by atoms with Crippen molar-refractivity contribution in [3.63, 3.8) is 0 Å². The van der Waals surface area contributed by atoms with Crippen LogP contribution in [0.1, 0.15) is 47.9 Å². The zero-order valence-electron chi connectivity index (χ0n) is 17.7. The Morgan fingerprint density at radius 1 is 1.28 bits per heavy atom. The maximum absolute atomic E-state index is 13.5. The third-order valence-electron chi connectivity index (χ3n) is 5.79. The highest BCUT2D eigenvalue weighted by molar-refractivity contribution is 7.10. The molecule has 2 aromatic rings. The maximum atomic E-state index is 13.5. The quantitative estimate of drug-likeness (QED) is 0.692. The lowest BCUT2D eigenvalue weighted by Gasteiger charge is -2.39. The molecule has 1 aliphatic rings. The van der Waals surface area contributed by atoms with Gasteiger partial charge in [-0.05, 0) is 54.8 Å². The van der Waals surface area contributed by atoms with Crippen molar-refractivity contribution < 1.29 is 14.3 Å². The van der Waals surface area contributed by atoms with Crippen molar-refractivity contribution in [3.05, 3.63) is 57.3 Å². The minimum atomic E-state index is -0.143. The van der Waals surface area contributed by atoms with E-state index >= 15 is 0 Å². The van der Waals surface area contributed by atoms with Gasteiger partial charge in [0.2, 0.25) is 11.8 Å². The van der Waals surface area contributed by atoms with E-state index in [1.807, 2.05) is 30.9 Å². The van der Waals surface area contributed by atoms with Crippen molar-refractivity contribution in [3.8, 4) is 0 Å². The predicted octanol–water partition coefficient (Wildman–Crippen LogP) is 3.80. The molecular weight excluding hydrogens is 384 g/mol. The molecular formula is C23H30N2O3S. The van der Waals surface area contributed by atoms with Gasteiger partial charge in [0.25, 0.3) is 0 Å². The summed E-state index contributed by atoms with van der Waals surface area (Å²) >= 11 is 1.76. The molecule has 2 unspecified atom stereocenters. The lowest BCUT2D eigenvalue weighted by molar-refractivity contribution is -0.145. The zero-order valence-corrected chi connectivity index (χ0v) is 18.5. The zero-order chi connectivity index (χ0) is 21.0. The normalized spacial score (nSPS) is 17.0. The van der Waals surface area contributed by atoms with E-state index in [2.05, 4.69) is 30.5 Å². The molecule has 0 spiro atoms. The molecule has 1 aromatic carbocycles. The van der Waals surface area contributed by atoms with Gasteiger partial charge < -0.3 is 14.5 Å². The van der Waals surface area contributed by atoms with Gasteiger partial charge in [0, 0.05) is 24.6 Å². The number of benzene rings is 1. The number of hydrogen-bond donors (Lipinski definition) is 0. The number of fused-ring (bicyclic) bond motifs is 1. The second kappa shape index (κ2) is 9.55. The number of ether oxygens (including phenoxy) is 1. The smallest absolute Gasteiger partial charge is 0.249 e. The van der Waals surface area contributed by atoms with E-state index in [1.54, 1.807) is 16.2 Å². The number of nitrogens with zero attached hydrogens (tertiary/aromatic N) is 2. The summed E-state index contributed by atoms with van der Waals surface area (Å²) in [4.78, 5) is 31.0. The first-order valence-electron chi connectivity index (χ1n) is 10.2. The number of hydrogen-bond acceptors (Lipinski definition) is 4. The van der Waals surface area contributed by atoms with Crippen LogP contribution in [0.25, 0.3) is 0 Å². The summed E-state index contributed by atoms with van der Waals surface area (Å²) in [6.07, 6.45) is 1.65. The van der Waals surface area contributed by atoms with Gasteiger partial charge in [-0.25, -0.2) is 0 Å². The molecule has 6 heteroatoms. The second-order valence-corrected chi connectivity index (χ2v) is 8.61. The summed E-state index contributed by atoms with van der Waals surface area (Å²) in [6, 6.07) is 10.3. The van der Waals surface area contributed by atoms with Crippen LogP contribution in [-0.2, 0) is 20.7 Å². The Hall–Kier alpha value is -2.18. The molecule has 2 atom stereocenters. The average Bonchev–Trinajstić information content (AvgIpc) is 3.20. The van der Waals surface area contributed by atoms with Crippen LogP contribution >= 0.6 is 11.3 Å². The third-order valence-corrected chi connectivity index (χ3v) is 6.78. The number of aryl methyl sites for hydroxylation is 1. The molecule has 0 saturated heterocycles. The van der Waals surface area contributed by atoms with Gasteiger partial charge in [0.1, 0.15) is 13.2 Å². The summed E-state index contributed by atoms with van der Waals surface area (Å²) in [5.74, 6) is -0.157. The molecule has 2 heterocycles. The molecule has 3 rings (SSSR count). The first kappa shape index (κ1) is 21.5. The average molecular weight is 415 g/mol. The van der Waals surface area contributed by atoms with Crippen LogP contribution < -0.4 is 0 Å². The first-order valence-corrected chi connectivity index (χ1v) is 11.1. The van der Waals surface area contributed by atoms with Crippen molar-refractivity contribution in [2.75, 3.05) is 26.8 Å². The van der Waals surface area contributed by atoms with Crippen LogP contribution in [0.15, 0.2) is 35.7 Å². The summed E-state index contributed by atoms with van der Waals surface area (Å²) < 4.78 is 5.03. The molecule has 5 nitrogen and oxygen atoms in total. The van der Waals surface area contributed by atoms with Gasteiger partial charge in [-0.1, -0.05) is 31.2 Å². The summed E-state index contributed by atoms with van der Waals surface area (Å²) in [5, 5.41) is 2.11. The van der Waals surface area contributed by atoms with Crippen LogP contribution in [0, 0.1) is 6.92 Å². The van der Waals surface area contributed by atoms with Gasteiger partial charge in [0.15, 0.2) is 0 Å². The number of thiophene rings is 1. The van der Waals surface area contributed by atoms with E-state index in [0.717, 1.165) is 18.4 Å². The molecule has 0 fully saturated rings. The van der Waals surface area contributed by atoms with Crippen molar-refractivity contribution >= 4 is 23.2 Å². The topological polar surface area (TPSA) is 49.9 Å². The van der Waals surface area contributed by atoms with Gasteiger partial charge in [-0.15, -0.1) is 11.3 Å². The number of amides is 2. The predicted molar refractivity (Wildman–Crippen MR) is 116 cm³/mol. The van der Waals surface area contributed by atoms with Crippen LogP contribution in [0.4, 0.5) is 0 Å². The third kappa shape index (κ3) is 4.54. The van der Waals surface area contributed by atoms with E-state index < -0.39 is 0 Å². The SMILES string of the molecule is CCC(C)N(CC(=O)N1CCc2sccc2C1c1ccccc1C)C(=O)COC. The second-order valence-electron chi connectivity index (χ2n) is 7.61. The van der Waals surface area contributed by atoms with Crippen molar-refractivity contribution in [2.24, 2.45) is 0 Å². The molecule has 0 aliphatic carbocycles. The van der Waals surface area contributed by atoms with Crippen LogP contribution in [0.3, 0.4) is 0 Å². The molecule has 0 N–H and O–H groups in total. The Labute approximate surface area is 177 Å². The van der Waals surface area contributed by atoms with Gasteiger partial charge in [0.05, 0.1) is 6.04 Å². The molecule has 2 amide bonds. The number of rotatable bonds is 7. The Morgan fingerprint density at radius 3 is 2.72 bits per heavy atom. The molecule has 29 heavy (non-hydrogen) atoms. The Kier molecular flexibility index (Phi) is 7.09. The monoisotopic (exact) mass is 414 g/mol. The van der Waals surface area contributed by atoms with E-state index in [9.17, 15) is 9.59 Å². The highest BCUT2D eigenvalue weighted by Gasteiger charge is 2.35. The fourth-order valence-corrected chi connectivity index (χ4v) is 4.87. The Bertz CT molecular complexity index is 863. The Morgan fingerprint density at radius 2 is 2.03 bits per heavy atom.